The highest BCUT2D eigenvalue weighted by Crippen LogP contribution is 2.39. The quantitative estimate of drug-likeness (QED) is 0.144. The fourth-order valence-electron chi connectivity index (χ4n) is 4.46. The molecule has 1 aromatic heterocycles. The Morgan fingerprint density at radius 3 is 2.32 bits per heavy atom. The molecule has 0 atom stereocenters. The molecule has 0 aliphatic heterocycles. The molecule has 3 aromatic rings. The van der Waals surface area contributed by atoms with Crippen LogP contribution >= 0.6 is 0 Å². The first-order chi connectivity index (χ1) is 18.9. The minimum absolute atomic E-state index is 0.195. The van der Waals surface area contributed by atoms with Crippen LogP contribution in [0.3, 0.4) is 0 Å². The molecule has 12 heteroatoms. The molecular formula is C29H42N7O4S+. The van der Waals surface area contributed by atoms with E-state index in [4.69, 9.17) is 16.3 Å². The van der Waals surface area contributed by atoms with Crippen LogP contribution in [0.25, 0.3) is 5.70 Å². The second kappa shape index (κ2) is 11.8. The number of aryl methyl sites for hydroxylation is 1. The van der Waals surface area contributed by atoms with E-state index in [1.54, 1.807) is 36.5 Å². The number of aromatic nitrogens is 2. The predicted octanol–water partition coefficient (Wildman–Crippen LogP) is 4.07. The monoisotopic (exact) mass is 584 g/mol. The van der Waals surface area contributed by atoms with Crippen LogP contribution < -0.4 is 36.0 Å². The summed E-state index contributed by atoms with van der Waals surface area (Å²) in [4.78, 5) is 13.5. The third-order valence-electron chi connectivity index (χ3n) is 6.66. The van der Waals surface area contributed by atoms with Crippen LogP contribution in [0.1, 0.15) is 73.4 Å². The molecule has 41 heavy (non-hydrogen) atoms. The van der Waals surface area contributed by atoms with E-state index in [9.17, 15) is 13.2 Å². The Hall–Kier alpha value is -4.03. The number of carbonyl (C=O) groups is 1. The van der Waals surface area contributed by atoms with Crippen LogP contribution in [-0.2, 0) is 15.4 Å². The lowest BCUT2D eigenvalue weighted by molar-refractivity contribution is -0.772. The number of nitrogens with one attached hydrogen (secondary N) is 3. The number of carbonyl (C=O) groups excluding carboxylic acids is 1. The van der Waals surface area contributed by atoms with E-state index in [-0.39, 0.29) is 22.9 Å². The van der Waals surface area contributed by atoms with Crippen LogP contribution in [0.5, 0.6) is 5.75 Å². The molecule has 3 rings (SSSR count). The van der Waals surface area contributed by atoms with Gasteiger partial charge in [0.15, 0.2) is 11.8 Å². The zero-order valence-corrected chi connectivity index (χ0v) is 26.0. The number of amides is 1. The summed E-state index contributed by atoms with van der Waals surface area (Å²) >= 11 is 0. The Labute approximate surface area is 242 Å². The molecule has 1 heterocycles. The van der Waals surface area contributed by atoms with Gasteiger partial charge in [-0.05, 0) is 61.6 Å². The second-order valence-corrected chi connectivity index (χ2v) is 13.2. The normalized spacial score (nSPS) is 12.4. The lowest BCUT2D eigenvalue weighted by Gasteiger charge is -2.24. The van der Waals surface area contributed by atoms with Gasteiger partial charge < -0.3 is 15.8 Å². The van der Waals surface area contributed by atoms with E-state index in [0.29, 0.717) is 22.6 Å². The Kier molecular flexibility index (Phi) is 9.09. The molecule has 0 radical (unpaired) electrons. The number of anilines is 3. The topological polar surface area (TPSA) is 159 Å². The molecular weight excluding hydrogens is 542 g/mol. The maximum atomic E-state index is 13.5. The summed E-state index contributed by atoms with van der Waals surface area (Å²) in [6, 6.07) is 8.87. The molecule has 7 N–H and O–H groups in total. The third kappa shape index (κ3) is 7.39. The van der Waals surface area contributed by atoms with Gasteiger partial charge in [0.25, 0.3) is 5.91 Å². The molecule has 1 amide bonds. The number of ether oxygens (including phenoxy) is 1. The van der Waals surface area contributed by atoms with Crippen molar-refractivity contribution in [2.45, 2.75) is 59.9 Å². The minimum atomic E-state index is -3.61. The van der Waals surface area contributed by atoms with E-state index in [1.165, 1.54) is 12.1 Å². The molecule has 2 aromatic carbocycles. The summed E-state index contributed by atoms with van der Waals surface area (Å²) in [6.07, 6.45) is 4.50. The molecule has 0 aliphatic carbocycles. The highest BCUT2D eigenvalue weighted by molar-refractivity contribution is 7.92. The molecule has 0 fully saturated rings. The first-order valence-corrected chi connectivity index (χ1v) is 15.1. The Balaban J connectivity index is 1.98. The van der Waals surface area contributed by atoms with Crippen molar-refractivity contribution in [1.82, 2.24) is 5.10 Å². The number of sulfonamides is 1. The van der Waals surface area contributed by atoms with Crippen LogP contribution in [0.15, 0.2) is 42.7 Å². The van der Waals surface area contributed by atoms with Gasteiger partial charge in [0.05, 0.1) is 47.9 Å². The van der Waals surface area contributed by atoms with Crippen molar-refractivity contribution in [2.75, 3.05) is 28.4 Å². The van der Waals surface area contributed by atoms with Gasteiger partial charge in [0.2, 0.25) is 15.7 Å². The number of methoxy groups -OCH3 is 1. The van der Waals surface area contributed by atoms with Crippen LogP contribution in [0.2, 0.25) is 0 Å². The number of H-pyrrole nitrogens is 1. The predicted molar refractivity (Wildman–Crippen MR) is 164 cm³/mol. The van der Waals surface area contributed by atoms with Crippen molar-refractivity contribution in [2.24, 2.45) is 11.6 Å². The van der Waals surface area contributed by atoms with Crippen molar-refractivity contribution in [3.05, 3.63) is 70.7 Å². The first kappa shape index (κ1) is 31.5. The summed E-state index contributed by atoms with van der Waals surface area (Å²) < 4.78 is 34.1. The van der Waals surface area contributed by atoms with Crippen LogP contribution in [0.4, 0.5) is 17.1 Å². The number of nitrogens with zero attached hydrogens (tertiary/aromatic N) is 2. The second-order valence-electron chi connectivity index (χ2n) is 11.4. The number of rotatable bonds is 9. The molecule has 11 nitrogen and oxygen atoms in total. The zero-order chi connectivity index (χ0) is 30.9. The van der Waals surface area contributed by atoms with Gasteiger partial charge in [-0.2, -0.15) is 5.10 Å². The highest BCUT2D eigenvalue weighted by atomic mass is 32.2. The molecule has 0 bridgehead atoms. The molecule has 0 aliphatic rings. The molecule has 0 saturated carbocycles. The third-order valence-corrected chi connectivity index (χ3v) is 7.25. The van der Waals surface area contributed by atoms with Crippen molar-refractivity contribution < 1.29 is 22.6 Å². The van der Waals surface area contributed by atoms with E-state index in [0.717, 1.165) is 28.6 Å². The van der Waals surface area contributed by atoms with Gasteiger partial charge in [-0.25, -0.2) is 14.3 Å². The average molecular weight is 585 g/mol. The number of nitrogens with two attached hydrogens (primary N) is 2. The Bertz CT molecular complexity index is 1590. The van der Waals surface area contributed by atoms with Gasteiger partial charge in [-0.3, -0.25) is 14.5 Å². The number of hydrogen-bond donors (Lipinski definition) is 5. The van der Waals surface area contributed by atoms with Gasteiger partial charge in [-0.1, -0.05) is 26.8 Å². The fraction of sp³-hybridized carbons (Fsp3) is 0.379. The summed E-state index contributed by atoms with van der Waals surface area (Å²) in [5, 5.41) is 7.48. The SMILES string of the molecule is COc1c(NC(=O)c2ccc(C)c(N(N)/C=C(\N)c3c[nH][n+](C(C)C)c3C)c2)cc(C(C)(C)C)cc1NS(C)(=O)=O. The number of hydrogen-bond acceptors (Lipinski definition) is 7. The van der Waals surface area contributed by atoms with Crippen molar-refractivity contribution in [1.29, 1.82) is 0 Å². The average Bonchev–Trinajstić information content (AvgIpc) is 3.24. The largest absolute Gasteiger partial charge is 0.492 e. The van der Waals surface area contributed by atoms with Crippen LogP contribution in [-0.4, -0.2) is 32.8 Å². The van der Waals surface area contributed by atoms with Gasteiger partial charge in [0, 0.05) is 18.7 Å². The Morgan fingerprint density at radius 2 is 1.78 bits per heavy atom. The van der Waals surface area contributed by atoms with Crippen molar-refractivity contribution in [3.8, 4) is 5.75 Å². The summed E-state index contributed by atoms with van der Waals surface area (Å²) in [5.74, 6) is 6.18. The van der Waals surface area contributed by atoms with Crippen molar-refractivity contribution >= 4 is 38.7 Å². The smallest absolute Gasteiger partial charge is 0.255 e. The molecule has 0 saturated heterocycles. The van der Waals surface area contributed by atoms with Crippen molar-refractivity contribution in [3.63, 3.8) is 0 Å². The lowest BCUT2D eigenvalue weighted by Crippen LogP contribution is -2.40. The van der Waals surface area contributed by atoms with Gasteiger partial charge >= 0.3 is 0 Å². The maximum Gasteiger partial charge on any atom is 0.255 e. The van der Waals surface area contributed by atoms with E-state index < -0.39 is 15.9 Å². The van der Waals surface area contributed by atoms with Gasteiger partial charge in [0.1, 0.15) is 0 Å². The zero-order valence-electron chi connectivity index (χ0n) is 25.2. The highest BCUT2D eigenvalue weighted by Gasteiger charge is 2.23. The molecule has 0 spiro atoms. The summed E-state index contributed by atoms with van der Waals surface area (Å²) in [7, 11) is -2.19. The molecule has 222 valence electrons. The standard InChI is InChI=1S/C29H41N7O4S/c1-17(2)36-19(4)22(15-32-36)23(30)16-35(31)26-12-20(11-10-18(26)3)28(37)33-24-13-21(29(5,6)7)14-25(27(24)40-8)34-41(9,38)39/h10-17,34H,30-31H2,1-9H3,(H,33,37)/p+1/b23-16-. The van der Waals surface area contributed by atoms with E-state index in [1.807, 2.05) is 45.5 Å². The summed E-state index contributed by atoms with van der Waals surface area (Å²) in [6.45, 7) is 14.0. The minimum Gasteiger partial charge on any atom is -0.492 e. The number of benzene rings is 2. The molecule has 0 unspecified atom stereocenters. The van der Waals surface area contributed by atoms with E-state index >= 15 is 0 Å². The maximum absolute atomic E-state index is 13.5. The summed E-state index contributed by atoms with van der Waals surface area (Å²) in [5.41, 5.74) is 11.4. The number of aromatic amines is 1. The number of hydrazine groups is 1. The van der Waals surface area contributed by atoms with Gasteiger partial charge in [-0.15, -0.1) is 4.68 Å². The first-order valence-electron chi connectivity index (χ1n) is 13.2. The Morgan fingerprint density at radius 1 is 1.15 bits per heavy atom. The van der Waals surface area contributed by atoms with E-state index in [2.05, 4.69) is 29.0 Å². The fourth-order valence-corrected chi connectivity index (χ4v) is 5.01. The lowest BCUT2D eigenvalue weighted by atomic mass is 9.86. The van der Waals surface area contributed by atoms with Crippen LogP contribution in [0, 0.1) is 13.8 Å².